The fraction of sp³-hybridized carbons (Fsp3) is 0.600. The lowest BCUT2D eigenvalue weighted by atomic mass is 9.72. The number of allylic oxidation sites excluding steroid dienone is 1. The Morgan fingerprint density at radius 1 is 1.26 bits per heavy atom. The molecule has 2 nitrogen and oxygen atoms in total. The molecule has 124 valence electrons. The predicted octanol–water partition coefficient (Wildman–Crippen LogP) is 4.35. The van der Waals surface area contributed by atoms with Gasteiger partial charge in [0.15, 0.2) is 0 Å². The Kier molecular flexibility index (Phi) is 4.03. The van der Waals surface area contributed by atoms with Crippen LogP contribution in [0.2, 0.25) is 5.02 Å². The number of fused-ring (bicyclic) bond motifs is 2. The van der Waals surface area contributed by atoms with Crippen molar-refractivity contribution in [1.82, 2.24) is 10.2 Å². The number of piperazine rings is 1. The largest absolute Gasteiger partial charge is 0.311 e. The summed E-state index contributed by atoms with van der Waals surface area (Å²) in [6, 6.07) is 9.97. The van der Waals surface area contributed by atoms with E-state index in [-0.39, 0.29) is 0 Å². The molecule has 0 unspecified atom stereocenters. The van der Waals surface area contributed by atoms with Gasteiger partial charge in [-0.1, -0.05) is 43.2 Å². The molecule has 2 aliphatic heterocycles. The van der Waals surface area contributed by atoms with Crippen LogP contribution in [0.3, 0.4) is 0 Å². The molecule has 23 heavy (non-hydrogen) atoms. The van der Waals surface area contributed by atoms with Gasteiger partial charge in [-0.25, -0.2) is 0 Å². The van der Waals surface area contributed by atoms with Crippen molar-refractivity contribution in [1.29, 1.82) is 0 Å². The van der Waals surface area contributed by atoms with Gasteiger partial charge in [0.1, 0.15) is 0 Å². The Balaban J connectivity index is 1.63. The fourth-order valence-corrected chi connectivity index (χ4v) is 4.68. The van der Waals surface area contributed by atoms with E-state index in [4.69, 9.17) is 11.6 Å². The van der Waals surface area contributed by atoms with Crippen molar-refractivity contribution in [3.05, 3.63) is 40.4 Å². The minimum atomic E-state index is 0.407. The highest BCUT2D eigenvalue weighted by Crippen LogP contribution is 2.43. The van der Waals surface area contributed by atoms with Crippen LogP contribution in [0, 0.1) is 5.41 Å². The number of rotatable bonds is 3. The molecule has 1 aromatic rings. The third kappa shape index (κ3) is 3.22. The van der Waals surface area contributed by atoms with Gasteiger partial charge >= 0.3 is 0 Å². The van der Waals surface area contributed by atoms with Gasteiger partial charge in [0.2, 0.25) is 0 Å². The summed E-state index contributed by atoms with van der Waals surface area (Å²) in [4.78, 5) is 2.71. The molecular weight excluding hydrogens is 304 g/mol. The number of nitrogens with zero attached hydrogens (tertiary/aromatic N) is 1. The first kappa shape index (κ1) is 15.7. The molecule has 3 heteroatoms. The van der Waals surface area contributed by atoms with Crippen molar-refractivity contribution < 1.29 is 0 Å². The first-order valence-electron chi connectivity index (χ1n) is 8.94. The SMILES string of the molecule is CC1(C)CCC(CN2C[C@H]3C[C@@H]2CN3)=C(c2ccc(Cl)cc2)C1. The molecule has 0 saturated carbocycles. The average Bonchev–Trinajstić information content (AvgIpc) is 3.12. The molecule has 4 rings (SSSR count). The number of benzene rings is 1. The number of nitrogens with one attached hydrogen (secondary N) is 1. The molecule has 0 spiro atoms. The van der Waals surface area contributed by atoms with E-state index >= 15 is 0 Å². The summed E-state index contributed by atoms with van der Waals surface area (Å²) in [5, 5.41) is 4.44. The Bertz CT molecular complexity index is 617. The average molecular weight is 331 g/mol. The maximum absolute atomic E-state index is 6.09. The third-order valence-electron chi connectivity index (χ3n) is 5.94. The van der Waals surface area contributed by atoms with Gasteiger partial charge in [-0.3, -0.25) is 4.90 Å². The van der Waals surface area contributed by atoms with E-state index in [1.807, 2.05) is 12.1 Å². The van der Waals surface area contributed by atoms with Gasteiger partial charge < -0.3 is 5.32 Å². The van der Waals surface area contributed by atoms with Crippen LogP contribution >= 0.6 is 11.6 Å². The monoisotopic (exact) mass is 330 g/mol. The second-order valence-corrected chi connectivity index (χ2v) is 8.79. The number of hydrogen-bond donors (Lipinski definition) is 1. The minimum absolute atomic E-state index is 0.407. The van der Waals surface area contributed by atoms with Crippen molar-refractivity contribution in [3.63, 3.8) is 0 Å². The van der Waals surface area contributed by atoms with E-state index in [0.717, 1.165) is 23.7 Å². The zero-order chi connectivity index (χ0) is 16.0. The summed E-state index contributed by atoms with van der Waals surface area (Å²) in [6.45, 7) is 8.38. The zero-order valence-corrected chi connectivity index (χ0v) is 15.0. The van der Waals surface area contributed by atoms with Crippen LogP contribution in [0.4, 0.5) is 0 Å². The lowest BCUT2D eigenvalue weighted by molar-refractivity contribution is 0.235. The highest BCUT2D eigenvalue weighted by Gasteiger charge is 2.38. The zero-order valence-electron chi connectivity index (χ0n) is 14.2. The van der Waals surface area contributed by atoms with E-state index in [1.54, 1.807) is 11.1 Å². The van der Waals surface area contributed by atoms with Crippen LogP contribution in [0.1, 0.15) is 45.1 Å². The molecule has 0 radical (unpaired) electrons. The lowest BCUT2D eigenvalue weighted by Crippen LogP contribution is -2.44. The Labute approximate surface area is 144 Å². The first-order valence-corrected chi connectivity index (χ1v) is 9.32. The van der Waals surface area contributed by atoms with E-state index in [0.29, 0.717) is 5.41 Å². The van der Waals surface area contributed by atoms with E-state index in [2.05, 4.69) is 36.2 Å². The molecule has 2 saturated heterocycles. The summed E-state index contributed by atoms with van der Waals surface area (Å²) < 4.78 is 0. The summed E-state index contributed by atoms with van der Waals surface area (Å²) in [5.74, 6) is 0. The van der Waals surface area contributed by atoms with Crippen LogP contribution in [-0.2, 0) is 0 Å². The number of halogens is 1. The Morgan fingerprint density at radius 3 is 2.70 bits per heavy atom. The summed E-state index contributed by atoms with van der Waals surface area (Å²) in [5.41, 5.74) is 5.02. The molecule has 0 aromatic heterocycles. The van der Waals surface area contributed by atoms with Crippen LogP contribution in [-0.4, -0.2) is 36.6 Å². The summed E-state index contributed by atoms with van der Waals surface area (Å²) in [6.07, 6.45) is 5.07. The third-order valence-corrected chi connectivity index (χ3v) is 6.19. The first-order chi connectivity index (χ1) is 11.0. The Morgan fingerprint density at radius 2 is 2.04 bits per heavy atom. The highest BCUT2D eigenvalue weighted by atomic mass is 35.5. The molecule has 0 amide bonds. The molecular formula is C20H27ClN2. The van der Waals surface area contributed by atoms with Crippen molar-refractivity contribution in [2.75, 3.05) is 19.6 Å². The maximum atomic E-state index is 6.09. The fourth-order valence-electron chi connectivity index (χ4n) is 4.55. The lowest BCUT2D eigenvalue weighted by Gasteiger charge is -2.36. The van der Waals surface area contributed by atoms with Gasteiger partial charge in [0.25, 0.3) is 0 Å². The van der Waals surface area contributed by atoms with Crippen LogP contribution in [0.25, 0.3) is 5.57 Å². The van der Waals surface area contributed by atoms with Crippen molar-refractivity contribution in [2.24, 2.45) is 5.41 Å². The van der Waals surface area contributed by atoms with Crippen LogP contribution < -0.4 is 5.32 Å². The van der Waals surface area contributed by atoms with E-state index < -0.39 is 0 Å². The number of likely N-dealkylation sites (tertiary alicyclic amines) is 1. The topological polar surface area (TPSA) is 15.3 Å². The molecule has 3 aliphatic rings. The standard InChI is InChI=1S/C20H27ClN2/c1-20(2)8-7-15(12-23-13-17-9-18(23)11-22-17)19(10-20)14-3-5-16(21)6-4-14/h3-6,17-18,22H,7-13H2,1-2H3/t17-,18-/m1/s1. The maximum Gasteiger partial charge on any atom is 0.0406 e. The van der Waals surface area contributed by atoms with Gasteiger partial charge in [-0.2, -0.15) is 0 Å². The second-order valence-electron chi connectivity index (χ2n) is 8.35. The molecule has 2 heterocycles. The smallest absolute Gasteiger partial charge is 0.0406 e. The molecule has 2 atom stereocenters. The summed E-state index contributed by atoms with van der Waals surface area (Å²) in [7, 11) is 0. The van der Waals surface area contributed by atoms with Gasteiger partial charge in [-0.15, -0.1) is 0 Å². The summed E-state index contributed by atoms with van der Waals surface area (Å²) >= 11 is 6.09. The van der Waals surface area contributed by atoms with E-state index in [1.165, 1.54) is 44.3 Å². The van der Waals surface area contributed by atoms with Gasteiger partial charge in [-0.05, 0) is 54.4 Å². The normalized spacial score (nSPS) is 30.2. The molecule has 2 fully saturated rings. The minimum Gasteiger partial charge on any atom is -0.311 e. The second kappa shape index (κ2) is 5.91. The van der Waals surface area contributed by atoms with Crippen molar-refractivity contribution in [2.45, 2.75) is 51.6 Å². The van der Waals surface area contributed by atoms with Gasteiger partial charge in [0.05, 0.1) is 0 Å². The van der Waals surface area contributed by atoms with Crippen LogP contribution in [0.5, 0.6) is 0 Å². The van der Waals surface area contributed by atoms with Crippen LogP contribution in [0.15, 0.2) is 29.8 Å². The molecule has 1 aliphatic carbocycles. The Hall–Kier alpha value is -0.830. The molecule has 2 bridgehead atoms. The van der Waals surface area contributed by atoms with Crippen molar-refractivity contribution >= 4 is 17.2 Å². The van der Waals surface area contributed by atoms with Crippen molar-refractivity contribution in [3.8, 4) is 0 Å². The van der Waals surface area contributed by atoms with Gasteiger partial charge in [0, 0.05) is 36.7 Å². The van der Waals surface area contributed by atoms with E-state index in [9.17, 15) is 0 Å². The quantitative estimate of drug-likeness (QED) is 0.886. The molecule has 1 aromatic carbocycles. The molecule has 1 N–H and O–H groups in total. The highest BCUT2D eigenvalue weighted by molar-refractivity contribution is 6.30. The predicted molar refractivity (Wildman–Crippen MR) is 97.8 cm³/mol. The number of hydrogen-bond acceptors (Lipinski definition) is 2.